The summed E-state index contributed by atoms with van der Waals surface area (Å²) in [4.78, 5) is 14.3. The quantitative estimate of drug-likeness (QED) is 0.873. The molecular formula is C13H19N3O3S2. The second kappa shape index (κ2) is 5.68. The highest BCUT2D eigenvalue weighted by atomic mass is 32.2. The Bertz CT molecular complexity index is 615. The number of thiophene rings is 1. The zero-order chi connectivity index (χ0) is 15.0. The van der Waals surface area contributed by atoms with Gasteiger partial charge < -0.3 is 10.6 Å². The van der Waals surface area contributed by atoms with E-state index in [4.69, 9.17) is 5.73 Å². The molecule has 0 aromatic carbocycles. The van der Waals surface area contributed by atoms with Gasteiger partial charge in [0.1, 0.15) is 10.3 Å². The Morgan fingerprint density at radius 1 is 1.33 bits per heavy atom. The summed E-state index contributed by atoms with van der Waals surface area (Å²) in [5.41, 5.74) is 5.84. The van der Waals surface area contributed by atoms with Crippen LogP contribution in [0.4, 0.5) is 0 Å². The standard InChI is InChI=1S/C13H19N3O3S2/c14-10-5-7-15(9-10)13(17)11-3-1-6-16(11)21(18,19)12-4-2-8-20-12/h2,4,8,10-11H,1,3,5-7,9,14H2/t10-,11?/m1/s1. The van der Waals surface area contributed by atoms with E-state index in [0.717, 1.165) is 12.8 Å². The number of carbonyl (C=O) groups excluding carboxylic acids is 1. The normalized spacial score (nSPS) is 27.4. The number of sulfonamides is 1. The Kier molecular flexibility index (Phi) is 4.04. The van der Waals surface area contributed by atoms with Crippen LogP contribution in [0.15, 0.2) is 21.7 Å². The van der Waals surface area contributed by atoms with Crippen molar-refractivity contribution in [2.75, 3.05) is 19.6 Å². The average molecular weight is 329 g/mol. The number of likely N-dealkylation sites (tertiary alicyclic amines) is 1. The largest absolute Gasteiger partial charge is 0.340 e. The number of nitrogens with two attached hydrogens (primary N) is 1. The number of nitrogens with zero attached hydrogens (tertiary/aromatic N) is 2. The third kappa shape index (κ3) is 2.73. The molecule has 0 spiro atoms. The molecule has 1 aromatic rings. The van der Waals surface area contributed by atoms with Gasteiger partial charge in [0.15, 0.2) is 0 Å². The van der Waals surface area contributed by atoms with Crippen molar-refractivity contribution in [3.63, 3.8) is 0 Å². The fourth-order valence-electron chi connectivity index (χ4n) is 3.00. The van der Waals surface area contributed by atoms with Gasteiger partial charge in [-0.2, -0.15) is 4.31 Å². The minimum absolute atomic E-state index is 0.0118. The van der Waals surface area contributed by atoms with Crippen LogP contribution >= 0.6 is 11.3 Å². The molecule has 3 rings (SSSR count). The predicted molar refractivity (Wildman–Crippen MR) is 80.4 cm³/mol. The van der Waals surface area contributed by atoms with Crippen molar-refractivity contribution in [1.29, 1.82) is 0 Å². The van der Waals surface area contributed by atoms with E-state index in [-0.39, 0.29) is 11.9 Å². The molecule has 2 aliphatic rings. The summed E-state index contributed by atoms with van der Waals surface area (Å²) in [6.07, 6.45) is 2.10. The summed E-state index contributed by atoms with van der Waals surface area (Å²) < 4.78 is 26.9. The van der Waals surface area contributed by atoms with Gasteiger partial charge in [-0.15, -0.1) is 11.3 Å². The highest BCUT2D eigenvalue weighted by Gasteiger charge is 2.42. The zero-order valence-corrected chi connectivity index (χ0v) is 13.3. The molecular weight excluding hydrogens is 310 g/mol. The van der Waals surface area contributed by atoms with Gasteiger partial charge >= 0.3 is 0 Å². The average Bonchev–Trinajstić information content (AvgIpc) is 3.19. The maximum Gasteiger partial charge on any atom is 0.253 e. The van der Waals surface area contributed by atoms with Crippen LogP contribution in [-0.2, 0) is 14.8 Å². The SMILES string of the molecule is N[C@@H]1CCN(C(=O)C2CCCN2S(=O)(=O)c2cccs2)C1. The molecule has 2 aliphatic heterocycles. The summed E-state index contributed by atoms with van der Waals surface area (Å²) in [7, 11) is -3.56. The molecule has 116 valence electrons. The first-order chi connectivity index (χ1) is 10.00. The smallest absolute Gasteiger partial charge is 0.253 e. The lowest BCUT2D eigenvalue weighted by Crippen LogP contribution is -2.47. The van der Waals surface area contributed by atoms with Crippen LogP contribution in [0.2, 0.25) is 0 Å². The van der Waals surface area contributed by atoms with Gasteiger partial charge in [-0.05, 0) is 30.7 Å². The molecule has 2 saturated heterocycles. The molecule has 1 amide bonds. The van der Waals surface area contributed by atoms with E-state index < -0.39 is 16.1 Å². The highest BCUT2D eigenvalue weighted by Crippen LogP contribution is 2.30. The van der Waals surface area contributed by atoms with E-state index in [1.54, 1.807) is 22.4 Å². The van der Waals surface area contributed by atoms with Crippen molar-refractivity contribution < 1.29 is 13.2 Å². The fourth-order valence-corrected chi connectivity index (χ4v) is 5.77. The van der Waals surface area contributed by atoms with Crippen LogP contribution in [0.5, 0.6) is 0 Å². The van der Waals surface area contributed by atoms with Gasteiger partial charge in [-0.25, -0.2) is 8.42 Å². The number of rotatable bonds is 3. The minimum atomic E-state index is -3.56. The third-order valence-electron chi connectivity index (χ3n) is 4.08. The molecule has 2 atom stereocenters. The Morgan fingerprint density at radius 2 is 2.14 bits per heavy atom. The molecule has 3 heterocycles. The highest BCUT2D eigenvalue weighted by molar-refractivity contribution is 7.91. The van der Waals surface area contributed by atoms with Gasteiger partial charge in [0.25, 0.3) is 10.0 Å². The first-order valence-corrected chi connectivity index (χ1v) is 9.42. The Hall–Kier alpha value is -0.960. The van der Waals surface area contributed by atoms with E-state index in [1.807, 2.05) is 0 Å². The summed E-state index contributed by atoms with van der Waals surface area (Å²) in [6.45, 7) is 1.57. The number of carbonyl (C=O) groups is 1. The molecule has 0 bridgehead atoms. The maximum absolute atomic E-state index is 12.6. The third-order valence-corrected chi connectivity index (χ3v) is 7.36. The van der Waals surface area contributed by atoms with E-state index in [1.165, 1.54) is 15.6 Å². The first-order valence-electron chi connectivity index (χ1n) is 7.10. The molecule has 1 aromatic heterocycles. The lowest BCUT2D eigenvalue weighted by atomic mass is 10.2. The lowest BCUT2D eigenvalue weighted by Gasteiger charge is -2.26. The molecule has 2 fully saturated rings. The molecule has 21 heavy (non-hydrogen) atoms. The van der Waals surface area contributed by atoms with Crippen LogP contribution in [0, 0.1) is 0 Å². The van der Waals surface area contributed by atoms with Crippen LogP contribution in [-0.4, -0.2) is 55.2 Å². The van der Waals surface area contributed by atoms with Crippen LogP contribution in [0.3, 0.4) is 0 Å². The maximum atomic E-state index is 12.6. The second-order valence-electron chi connectivity index (χ2n) is 5.54. The van der Waals surface area contributed by atoms with Gasteiger partial charge in [0.05, 0.1) is 0 Å². The van der Waals surface area contributed by atoms with Crippen LogP contribution < -0.4 is 5.73 Å². The minimum Gasteiger partial charge on any atom is -0.340 e. The topological polar surface area (TPSA) is 83.7 Å². The van der Waals surface area contributed by atoms with Crippen LogP contribution in [0.1, 0.15) is 19.3 Å². The van der Waals surface area contributed by atoms with Crippen molar-refractivity contribution in [2.24, 2.45) is 5.73 Å². The number of hydrogen-bond acceptors (Lipinski definition) is 5. The summed E-state index contributed by atoms with van der Waals surface area (Å²) in [5, 5.41) is 1.74. The van der Waals surface area contributed by atoms with Crippen molar-refractivity contribution in [1.82, 2.24) is 9.21 Å². The van der Waals surface area contributed by atoms with Gasteiger partial charge in [-0.3, -0.25) is 4.79 Å². The summed E-state index contributed by atoms with van der Waals surface area (Å²) >= 11 is 1.19. The van der Waals surface area contributed by atoms with Crippen molar-refractivity contribution in [2.45, 2.75) is 35.6 Å². The molecule has 0 radical (unpaired) electrons. The fraction of sp³-hybridized carbons (Fsp3) is 0.615. The number of amides is 1. The van der Waals surface area contributed by atoms with E-state index in [2.05, 4.69) is 0 Å². The predicted octanol–water partition coefficient (Wildman–Crippen LogP) is 0.461. The van der Waals surface area contributed by atoms with E-state index in [9.17, 15) is 13.2 Å². The summed E-state index contributed by atoms with van der Waals surface area (Å²) in [6, 6.07) is 2.75. The Balaban J connectivity index is 1.81. The zero-order valence-electron chi connectivity index (χ0n) is 11.6. The molecule has 1 unspecified atom stereocenters. The van der Waals surface area contributed by atoms with Crippen molar-refractivity contribution in [3.05, 3.63) is 17.5 Å². The Morgan fingerprint density at radius 3 is 2.76 bits per heavy atom. The van der Waals surface area contributed by atoms with E-state index in [0.29, 0.717) is 30.3 Å². The van der Waals surface area contributed by atoms with Gasteiger partial charge in [-0.1, -0.05) is 6.07 Å². The van der Waals surface area contributed by atoms with Gasteiger partial charge in [0, 0.05) is 25.7 Å². The van der Waals surface area contributed by atoms with E-state index >= 15 is 0 Å². The molecule has 0 aliphatic carbocycles. The second-order valence-corrected chi connectivity index (χ2v) is 8.60. The molecule has 6 nitrogen and oxygen atoms in total. The first kappa shape index (κ1) is 15.0. The molecule has 0 saturated carbocycles. The lowest BCUT2D eigenvalue weighted by molar-refractivity contribution is -0.133. The van der Waals surface area contributed by atoms with Crippen LogP contribution in [0.25, 0.3) is 0 Å². The molecule has 2 N–H and O–H groups in total. The molecule has 8 heteroatoms. The van der Waals surface area contributed by atoms with Crippen molar-refractivity contribution in [3.8, 4) is 0 Å². The Labute approximate surface area is 128 Å². The monoisotopic (exact) mass is 329 g/mol. The van der Waals surface area contributed by atoms with Crippen molar-refractivity contribution >= 4 is 27.3 Å². The van der Waals surface area contributed by atoms with Gasteiger partial charge in [0.2, 0.25) is 5.91 Å². The summed E-state index contributed by atoms with van der Waals surface area (Å²) in [5.74, 6) is -0.0967. The number of hydrogen-bond donors (Lipinski definition) is 1.